The summed E-state index contributed by atoms with van der Waals surface area (Å²) in [5.74, 6) is 0.271. The summed E-state index contributed by atoms with van der Waals surface area (Å²) < 4.78 is 17.2. The maximum atomic E-state index is 13.4. The Morgan fingerprint density at radius 1 is 0.854 bits per heavy atom. The molecule has 3 aromatic rings. The molecule has 2 aliphatic rings. The molecule has 1 aliphatic heterocycles. The molecule has 2 N–H and O–H groups in total. The molecule has 1 fully saturated rings. The van der Waals surface area contributed by atoms with Crippen LogP contribution in [0.15, 0.2) is 72.3 Å². The van der Waals surface area contributed by atoms with E-state index in [1.807, 2.05) is 47.4 Å². The molecule has 0 radical (unpaired) electrons. The number of esters is 1. The molecule has 0 saturated heterocycles. The first-order valence-electron chi connectivity index (χ1n) is 13.3. The monoisotopic (exact) mass is 614 g/mol. The molecule has 41 heavy (non-hydrogen) atoms. The summed E-state index contributed by atoms with van der Waals surface area (Å²) in [6.07, 6.45) is 1.95. The number of carbonyl (C=O) groups is 2. The second-order valence-corrected chi connectivity index (χ2v) is 11.2. The average Bonchev–Trinajstić information content (AvgIpc) is 3.79. The first-order valence-corrected chi connectivity index (χ1v) is 14.4. The lowest BCUT2D eigenvalue weighted by Crippen LogP contribution is -2.50. The Morgan fingerprint density at radius 2 is 1.51 bits per heavy atom. The molecule has 0 bridgehead atoms. The Kier molecular flexibility index (Phi) is 9.09. The van der Waals surface area contributed by atoms with Crippen molar-refractivity contribution in [3.63, 3.8) is 0 Å². The summed E-state index contributed by atoms with van der Waals surface area (Å²) in [6, 6.07) is 19.9. The van der Waals surface area contributed by atoms with E-state index >= 15 is 0 Å². The number of nitrogens with two attached hydrogens (primary N) is 1. The van der Waals surface area contributed by atoms with Gasteiger partial charge in [-0.25, -0.2) is 4.79 Å². The summed E-state index contributed by atoms with van der Waals surface area (Å²) in [5.41, 5.74) is 8.02. The second kappa shape index (κ2) is 12.7. The summed E-state index contributed by atoms with van der Waals surface area (Å²) in [7, 11) is 0. The summed E-state index contributed by atoms with van der Waals surface area (Å²) in [5, 5.41) is 1.40. The molecule has 214 valence electrons. The van der Waals surface area contributed by atoms with Gasteiger partial charge >= 0.3 is 5.97 Å². The summed E-state index contributed by atoms with van der Waals surface area (Å²) in [6.45, 7) is 1.48. The van der Waals surface area contributed by atoms with Crippen molar-refractivity contribution in [2.75, 3.05) is 26.3 Å². The third-order valence-electron chi connectivity index (χ3n) is 7.42. The number of halogens is 3. The molecule has 7 nitrogen and oxygen atoms in total. The Bertz CT molecular complexity index is 1450. The number of amides is 1. The van der Waals surface area contributed by atoms with Gasteiger partial charge in [-0.05, 0) is 60.7 Å². The first kappa shape index (κ1) is 29.3. The van der Waals surface area contributed by atoms with Crippen LogP contribution in [0.4, 0.5) is 0 Å². The van der Waals surface area contributed by atoms with E-state index in [0.717, 1.165) is 16.7 Å². The van der Waals surface area contributed by atoms with Gasteiger partial charge in [0.25, 0.3) is 0 Å². The van der Waals surface area contributed by atoms with Crippen molar-refractivity contribution in [2.45, 2.75) is 31.4 Å². The minimum atomic E-state index is -0.687. The minimum absolute atomic E-state index is 0.0461. The van der Waals surface area contributed by atoms with Gasteiger partial charge in [-0.1, -0.05) is 71.2 Å². The number of benzene rings is 3. The van der Waals surface area contributed by atoms with E-state index in [0.29, 0.717) is 57.9 Å². The molecule has 3 aromatic carbocycles. The Labute approximate surface area is 253 Å². The zero-order valence-corrected chi connectivity index (χ0v) is 24.5. The molecule has 10 heteroatoms. The molecule has 1 aliphatic carbocycles. The highest BCUT2D eigenvalue weighted by atomic mass is 35.5. The zero-order chi connectivity index (χ0) is 29.0. The van der Waals surface area contributed by atoms with Gasteiger partial charge in [-0.2, -0.15) is 0 Å². The first-order chi connectivity index (χ1) is 19.8. The molecule has 1 heterocycles. The van der Waals surface area contributed by atoms with Crippen molar-refractivity contribution in [1.29, 1.82) is 0 Å². The van der Waals surface area contributed by atoms with Crippen LogP contribution in [0.25, 0.3) is 5.57 Å². The topological polar surface area (TPSA) is 91.1 Å². The highest BCUT2D eigenvalue weighted by Gasteiger charge is 2.54. The van der Waals surface area contributed by atoms with E-state index in [1.54, 1.807) is 24.3 Å². The number of nitrogens with zero attached hydrogens (tertiary/aromatic N) is 1. The molecule has 0 atom stereocenters. The third kappa shape index (κ3) is 6.65. The van der Waals surface area contributed by atoms with Gasteiger partial charge < -0.3 is 19.9 Å². The van der Waals surface area contributed by atoms with Crippen molar-refractivity contribution in [3.8, 4) is 11.5 Å². The molecular weight excluding hydrogens is 587 g/mol. The normalized spacial score (nSPS) is 16.3. The van der Waals surface area contributed by atoms with Gasteiger partial charge in [0.15, 0.2) is 5.75 Å². The largest absolute Gasteiger partial charge is 0.490 e. The van der Waals surface area contributed by atoms with E-state index in [4.69, 9.17) is 54.7 Å². The van der Waals surface area contributed by atoms with Gasteiger partial charge in [-0.15, -0.1) is 0 Å². The van der Waals surface area contributed by atoms with Crippen molar-refractivity contribution < 1.29 is 23.8 Å². The molecule has 1 amide bonds. The molecular formula is C31H29Cl3N2O5. The maximum absolute atomic E-state index is 13.4. The van der Waals surface area contributed by atoms with Crippen molar-refractivity contribution in [1.82, 2.24) is 4.90 Å². The van der Waals surface area contributed by atoms with Gasteiger partial charge in [0.1, 0.15) is 31.1 Å². The molecule has 1 saturated carbocycles. The Balaban J connectivity index is 1.28. The second-order valence-electron chi connectivity index (χ2n) is 9.96. The molecule has 0 aromatic heterocycles. The quantitative estimate of drug-likeness (QED) is 0.200. The fourth-order valence-corrected chi connectivity index (χ4v) is 5.69. The Morgan fingerprint density at radius 3 is 2.17 bits per heavy atom. The lowest BCUT2D eigenvalue weighted by atomic mass is 9.92. The van der Waals surface area contributed by atoms with Gasteiger partial charge in [0, 0.05) is 23.7 Å². The van der Waals surface area contributed by atoms with Crippen molar-refractivity contribution in [3.05, 3.63) is 98.5 Å². The molecule has 0 unspecified atom stereocenters. The molecule has 5 rings (SSSR count). The highest BCUT2D eigenvalue weighted by Crippen LogP contribution is 2.44. The SMILES string of the molecule is NC(=O)C1(N2CCC(c3ccc(OCCOc4c(Cl)cccc4Cl)cc3)=C(C(=O)OCc3ccccc3Cl)C2)CC1. The zero-order valence-electron chi connectivity index (χ0n) is 22.2. The van der Waals surface area contributed by atoms with Gasteiger partial charge in [-0.3, -0.25) is 9.69 Å². The number of rotatable bonds is 11. The summed E-state index contributed by atoms with van der Waals surface area (Å²) in [4.78, 5) is 27.6. The van der Waals surface area contributed by atoms with Crippen LogP contribution in [-0.2, 0) is 20.9 Å². The predicted octanol–water partition coefficient (Wildman–Crippen LogP) is 6.33. The van der Waals surface area contributed by atoms with Crippen LogP contribution < -0.4 is 15.2 Å². The fourth-order valence-electron chi connectivity index (χ4n) is 4.99. The number of hydrogen-bond donors (Lipinski definition) is 1. The number of hydrogen-bond acceptors (Lipinski definition) is 6. The third-order valence-corrected chi connectivity index (χ3v) is 8.38. The van der Waals surface area contributed by atoms with Crippen LogP contribution in [0, 0.1) is 0 Å². The van der Waals surface area contributed by atoms with Crippen LogP contribution >= 0.6 is 34.8 Å². The van der Waals surface area contributed by atoms with Gasteiger partial charge in [0.2, 0.25) is 5.91 Å². The standard InChI is InChI=1S/C31H29Cl3N2O5/c32-25-5-2-1-4-21(25)19-41-29(37)24-18-36(31(13-14-31)30(35)38)15-12-23(24)20-8-10-22(11-9-20)39-16-17-40-28-26(33)6-3-7-27(28)34/h1-11H,12-19H2,(H2,35,38). The van der Waals surface area contributed by atoms with Crippen LogP contribution in [0.3, 0.4) is 0 Å². The van der Waals surface area contributed by atoms with E-state index in [9.17, 15) is 9.59 Å². The van der Waals surface area contributed by atoms with E-state index in [-0.39, 0.29) is 32.3 Å². The van der Waals surface area contributed by atoms with Crippen LogP contribution in [-0.4, -0.2) is 48.6 Å². The van der Waals surface area contributed by atoms with Crippen LogP contribution in [0.1, 0.15) is 30.4 Å². The Hall–Kier alpha value is -3.23. The lowest BCUT2D eigenvalue weighted by Gasteiger charge is -2.35. The number of primary amides is 1. The maximum Gasteiger partial charge on any atom is 0.335 e. The van der Waals surface area contributed by atoms with Crippen molar-refractivity contribution >= 4 is 52.3 Å². The van der Waals surface area contributed by atoms with E-state index < -0.39 is 11.5 Å². The van der Waals surface area contributed by atoms with E-state index in [2.05, 4.69) is 0 Å². The van der Waals surface area contributed by atoms with Gasteiger partial charge in [0.05, 0.1) is 15.6 Å². The predicted molar refractivity (Wildman–Crippen MR) is 159 cm³/mol. The fraction of sp³-hybridized carbons (Fsp3) is 0.290. The van der Waals surface area contributed by atoms with Crippen LogP contribution in [0.2, 0.25) is 15.1 Å². The van der Waals surface area contributed by atoms with Crippen molar-refractivity contribution in [2.24, 2.45) is 5.73 Å². The number of para-hydroxylation sites is 1. The average molecular weight is 616 g/mol. The number of ether oxygens (including phenoxy) is 3. The number of carbonyl (C=O) groups excluding carboxylic acids is 2. The minimum Gasteiger partial charge on any atom is -0.490 e. The smallest absolute Gasteiger partial charge is 0.335 e. The molecule has 0 spiro atoms. The highest BCUT2D eigenvalue weighted by molar-refractivity contribution is 6.37. The van der Waals surface area contributed by atoms with Crippen LogP contribution in [0.5, 0.6) is 11.5 Å². The summed E-state index contributed by atoms with van der Waals surface area (Å²) >= 11 is 18.5. The lowest BCUT2D eigenvalue weighted by molar-refractivity contribution is -0.141. The van der Waals surface area contributed by atoms with E-state index in [1.165, 1.54) is 0 Å².